The van der Waals surface area contributed by atoms with Gasteiger partial charge in [0.15, 0.2) is 0 Å². The SMILES string of the molecule is CC1CCN(c2cc(N)ccn2)C(C)C1. The number of hydrogen-bond acceptors (Lipinski definition) is 3. The Balaban J connectivity index is 2.17. The average Bonchev–Trinajstić information content (AvgIpc) is 2.17. The van der Waals surface area contributed by atoms with Gasteiger partial charge in [-0.15, -0.1) is 0 Å². The summed E-state index contributed by atoms with van der Waals surface area (Å²) in [6, 6.07) is 4.37. The molecule has 0 saturated carbocycles. The lowest BCUT2D eigenvalue weighted by molar-refractivity contribution is 0.376. The summed E-state index contributed by atoms with van der Waals surface area (Å²) >= 11 is 0. The summed E-state index contributed by atoms with van der Waals surface area (Å²) in [4.78, 5) is 6.74. The molecule has 15 heavy (non-hydrogen) atoms. The monoisotopic (exact) mass is 205 g/mol. The molecule has 0 aliphatic carbocycles. The number of hydrogen-bond donors (Lipinski definition) is 1. The van der Waals surface area contributed by atoms with Gasteiger partial charge in [0.1, 0.15) is 5.82 Å². The number of nitrogen functional groups attached to an aromatic ring is 1. The molecule has 1 aliphatic rings. The van der Waals surface area contributed by atoms with E-state index in [1.54, 1.807) is 6.20 Å². The number of piperidine rings is 1. The Kier molecular flexibility index (Phi) is 2.80. The maximum Gasteiger partial charge on any atom is 0.130 e. The van der Waals surface area contributed by atoms with Gasteiger partial charge < -0.3 is 10.6 Å². The van der Waals surface area contributed by atoms with Gasteiger partial charge in [-0.1, -0.05) is 6.92 Å². The molecule has 2 N–H and O–H groups in total. The van der Waals surface area contributed by atoms with Gasteiger partial charge in [-0.3, -0.25) is 0 Å². The third-order valence-corrected chi connectivity index (χ3v) is 3.20. The van der Waals surface area contributed by atoms with Crippen molar-refractivity contribution in [3.8, 4) is 0 Å². The molecule has 1 aromatic rings. The van der Waals surface area contributed by atoms with Crippen LogP contribution in [0.2, 0.25) is 0 Å². The van der Waals surface area contributed by atoms with Crippen molar-refractivity contribution < 1.29 is 0 Å². The van der Waals surface area contributed by atoms with Crippen molar-refractivity contribution in [2.45, 2.75) is 32.7 Å². The first-order valence-electron chi connectivity index (χ1n) is 5.65. The molecule has 0 aromatic carbocycles. The summed E-state index contributed by atoms with van der Waals surface area (Å²) in [7, 11) is 0. The Bertz CT molecular complexity index is 337. The molecule has 0 spiro atoms. The van der Waals surface area contributed by atoms with E-state index in [1.165, 1.54) is 12.8 Å². The van der Waals surface area contributed by atoms with Crippen LogP contribution < -0.4 is 10.6 Å². The van der Waals surface area contributed by atoms with Crippen molar-refractivity contribution in [2.24, 2.45) is 5.92 Å². The van der Waals surface area contributed by atoms with Crippen LogP contribution >= 0.6 is 0 Å². The Morgan fingerprint density at radius 3 is 2.93 bits per heavy atom. The average molecular weight is 205 g/mol. The van der Waals surface area contributed by atoms with Gasteiger partial charge in [0.05, 0.1) is 0 Å². The van der Waals surface area contributed by atoms with Gasteiger partial charge in [-0.25, -0.2) is 4.98 Å². The topological polar surface area (TPSA) is 42.1 Å². The molecule has 0 radical (unpaired) electrons. The van der Waals surface area contributed by atoms with E-state index < -0.39 is 0 Å². The van der Waals surface area contributed by atoms with Crippen LogP contribution in [0.15, 0.2) is 18.3 Å². The highest BCUT2D eigenvalue weighted by Crippen LogP contribution is 2.26. The largest absolute Gasteiger partial charge is 0.399 e. The Morgan fingerprint density at radius 2 is 2.27 bits per heavy atom. The van der Waals surface area contributed by atoms with E-state index in [0.717, 1.165) is 24.0 Å². The van der Waals surface area contributed by atoms with Crippen LogP contribution in [0.5, 0.6) is 0 Å². The molecule has 82 valence electrons. The molecular weight excluding hydrogens is 186 g/mol. The smallest absolute Gasteiger partial charge is 0.130 e. The van der Waals surface area contributed by atoms with E-state index >= 15 is 0 Å². The van der Waals surface area contributed by atoms with Crippen molar-refractivity contribution >= 4 is 11.5 Å². The zero-order valence-corrected chi connectivity index (χ0v) is 9.48. The standard InChI is InChI=1S/C12H19N3/c1-9-4-6-15(10(2)7-9)12-8-11(13)3-5-14-12/h3,5,8-10H,4,6-7H2,1-2H3,(H2,13,14). The molecule has 3 nitrogen and oxygen atoms in total. The van der Waals surface area contributed by atoms with Crippen LogP contribution in [-0.2, 0) is 0 Å². The number of rotatable bonds is 1. The highest BCUT2D eigenvalue weighted by Gasteiger charge is 2.23. The molecule has 1 saturated heterocycles. The first kappa shape index (κ1) is 10.3. The number of aromatic nitrogens is 1. The van der Waals surface area contributed by atoms with Gasteiger partial charge in [-0.2, -0.15) is 0 Å². The lowest BCUT2D eigenvalue weighted by atomic mass is 9.93. The van der Waals surface area contributed by atoms with Crippen LogP contribution in [0.3, 0.4) is 0 Å². The molecule has 1 fully saturated rings. The first-order chi connectivity index (χ1) is 7.16. The lowest BCUT2D eigenvalue weighted by Crippen LogP contribution is -2.40. The van der Waals surface area contributed by atoms with Gasteiger partial charge in [0, 0.05) is 30.5 Å². The summed E-state index contributed by atoms with van der Waals surface area (Å²) in [6.45, 7) is 5.68. The summed E-state index contributed by atoms with van der Waals surface area (Å²) < 4.78 is 0. The van der Waals surface area contributed by atoms with Gasteiger partial charge in [0.2, 0.25) is 0 Å². The minimum atomic E-state index is 0.572. The molecule has 2 atom stereocenters. The minimum Gasteiger partial charge on any atom is -0.399 e. The molecule has 1 aromatic heterocycles. The highest BCUT2D eigenvalue weighted by molar-refractivity contribution is 5.51. The molecule has 2 rings (SSSR count). The minimum absolute atomic E-state index is 0.572. The van der Waals surface area contributed by atoms with E-state index in [9.17, 15) is 0 Å². The van der Waals surface area contributed by atoms with Crippen LogP contribution in [0.4, 0.5) is 11.5 Å². The number of nitrogens with two attached hydrogens (primary N) is 1. The third-order valence-electron chi connectivity index (χ3n) is 3.20. The van der Waals surface area contributed by atoms with Crippen LogP contribution in [0, 0.1) is 5.92 Å². The highest BCUT2D eigenvalue weighted by atomic mass is 15.2. The fourth-order valence-electron chi connectivity index (χ4n) is 2.34. The van der Waals surface area contributed by atoms with Crippen LogP contribution in [0.25, 0.3) is 0 Å². The van der Waals surface area contributed by atoms with E-state index in [2.05, 4.69) is 23.7 Å². The maximum absolute atomic E-state index is 5.77. The fraction of sp³-hybridized carbons (Fsp3) is 0.583. The summed E-state index contributed by atoms with van der Waals surface area (Å²) in [5.74, 6) is 1.85. The Labute approximate surface area is 91.3 Å². The second kappa shape index (κ2) is 4.09. The second-order valence-electron chi connectivity index (χ2n) is 4.62. The number of anilines is 2. The van der Waals surface area contributed by atoms with Gasteiger partial charge in [-0.05, 0) is 31.7 Å². The Morgan fingerprint density at radius 1 is 1.47 bits per heavy atom. The van der Waals surface area contributed by atoms with Crippen molar-refractivity contribution in [1.29, 1.82) is 0 Å². The predicted molar refractivity (Wildman–Crippen MR) is 63.9 cm³/mol. The summed E-state index contributed by atoms with van der Waals surface area (Å²) in [6.07, 6.45) is 4.28. The molecule has 2 unspecified atom stereocenters. The third kappa shape index (κ3) is 2.22. The van der Waals surface area contributed by atoms with E-state index in [0.29, 0.717) is 6.04 Å². The van der Waals surface area contributed by atoms with Crippen molar-refractivity contribution in [3.05, 3.63) is 18.3 Å². The Hall–Kier alpha value is -1.25. The zero-order valence-electron chi connectivity index (χ0n) is 9.48. The maximum atomic E-state index is 5.77. The van der Waals surface area contributed by atoms with E-state index in [4.69, 9.17) is 5.73 Å². The van der Waals surface area contributed by atoms with Crippen molar-refractivity contribution in [1.82, 2.24) is 4.98 Å². The van der Waals surface area contributed by atoms with Crippen LogP contribution in [-0.4, -0.2) is 17.6 Å². The molecule has 0 bridgehead atoms. The van der Waals surface area contributed by atoms with Crippen molar-refractivity contribution in [3.63, 3.8) is 0 Å². The molecule has 0 amide bonds. The zero-order chi connectivity index (χ0) is 10.8. The number of pyridine rings is 1. The summed E-state index contributed by atoms with van der Waals surface area (Å²) in [5.41, 5.74) is 6.57. The predicted octanol–water partition coefficient (Wildman–Crippen LogP) is 2.29. The number of nitrogens with zero attached hydrogens (tertiary/aromatic N) is 2. The van der Waals surface area contributed by atoms with E-state index in [-0.39, 0.29) is 0 Å². The fourth-order valence-corrected chi connectivity index (χ4v) is 2.34. The molecular formula is C12H19N3. The summed E-state index contributed by atoms with van der Waals surface area (Å²) in [5, 5.41) is 0. The second-order valence-corrected chi connectivity index (χ2v) is 4.62. The van der Waals surface area contributed by atoms with Gasteiger partial charge in [0.25, 0.3) is 0 Å². The van der Waals surface area contributed by atoms with E-state index in [1.807, 2.05) is 12.1 Å². The van der Waals surface area contributed by atoms with Crippen molar-refractivity contribution in [2.75, 3.05) is 17.2 Å². The lowest BCUT2D eigenvalue weighted by Gasteiger charge is -2.37. The van der Waals surface area contributed by atoms with Gasteiger partial charge >= 0.3 is 0 Å². The van der Waals surface area contributed by atoms with Crippen LogP contribution in [0.1, 0.15) is 26.7 Å². The molecule has 3 heteroatoms. The molecule has 1 aliphatic heterocycles. The normalized spacial score (nSPS) is 26.7. The first-order valence-corrected chi connectivity index (χ1v) is 5.65. The molecule has 2 heterocycles. The quantitative estimate of drug-likeness (QED) is 0.765.